The topological polar surface area (TPSA) is 12.4 Å². The molecule has 0 radical (unpaired) electrons. The van der Waals surface area contributed by atoms with Crippen molar-refractivity contribution < 1.29 is 0 Å². The molecule has 0 saturated heterocycles. The Labute approximate surface area is 68.5 Å². The minimum atomic E-state index is 0.642. The third-order valence-electron chi connectivity index (χ3n) is 2.04. The van der Waals surface area contributed by atoms with Crippen molar-refractivity contribution >= 4 is 6.21 Å². The molecule has 0 fully saturated rings. The Hall–Kier alpha value is -0.850. The fourth-order valence-corrected chi connectivity index (χ4v) is 1.39. The third-order valence-corrected chi connectivity index (χ3v) is 2.04. The lowest BCUT2D eigenvalue weighted by Gasteiger charge is -2.16. The average Bonchev–Trinajstić information content (AvgIpc) is 1.95. The molecule has 0 N–H and O–H groups in total. The highest BCUT2D eigenvalue weighted by Gasteiger charge is 2.09. The molecule has 0 aromatic carbocycles. The Morgan fingerprint density at radius 1 is 1.55 bits per heavy atom. The van der Waals surface area contributed by atoms with E-state index in [9.17, 15) is 0 Å². The molecule has 1 unspecified atom stereocenters. The lowest BCUT2D eigenvalue weighted by Crippen LogP contribution is -2.04. The molecule has 0 saturated carbocycles. The molecule has 0 aromatic rings. The molecule has 0 bridgehead atoms. The molecule has 11 heavy (non-hydrogen) atoms. The van der Waals surface area contributed by atoms with Gasteiger partial charge in [-0.3, -0.25) is 4.99 Å². The summed E-state index contributed by atoms with van der Waals surface area (Å²) in [5.41, 5.74) is 2.81. The van der Waals surface area contributed by atoms with E-state index in [-0.39, 0.29) is 0 Å². The SMILES string of the molecule is CN=CC1=CC=C(C)CC1C. The molecular formula is C10H15N. The van der Waals surface area contributed by atoms with Crippen molar-refractivity contribution in [1.29, 1.82) is 0 Å². The van der Waals surface area contributed by atoms with Crippen molar-refractivity contribution in [1.82, 2.24) is 0 Å². The van der Waals surface area contributed by atoms with Crippen LogP contribution in [0.3, 0.4) is 0 Å². The highest BCUT2D eigenvalue weighted by atomic mass is 14.6. The highest BCUT2D eigenvalue weighted by Crippen LogP contribution is 2.22. The van der Waals surface area contributed by atoms with Gasteiger partial charge in [0.05, 0.1) is 0 Å². The normalized spacial score (nSPS) is 25.2. The molecule has 0 amide bonds. The van der Waals surface area contributed by atoms with Crippen LogP contribution in [0.1, 0.15) is 20.3 Å². The quantitative estimate of drug-likeness (QED) is 0.508. The van der Waals surface area contributed by atoms with Gasteiger partial charge in [-0.15, -0.1) is 0 Å². The van der Waals surface area contributed by atoms with E-state index >= 15 is 0 Å². The van der Waals surface area contributed by atoms with E-state index < -0.39 is 0 Å². The van der Waals surface area contributed by atoms with Crippen LogP contribution >= 0.6 is 0 Å². The van der Waals surface area contributed by atoms with Gasteiger partial charge < -0.3 is 0 Å². The Kier molecular flexibility index (Phi) is 2.64. The average molecular weight is 149 g/mol. The van der Waals surface area contributed by atoms with Crippen LogP contribution in [0.2, 0.25) is 0 Å². The van der Waals surface area contributed by atoms with E-state index in [0.29, 0.717) is 5.92 Å². The van der Waals surface area contributed by atoms with Crippen LogP contribution in [0.5, 0.6) is 0 Å². The lowest BCUT2D eigenvalue weighted by atomic mass is 9.90. The zero-order valence-electron chi connectivity index (χ0n) is 7.46. The van der Waals surface area contributed by atoms with Crippen molar-refractivity contribution in [3.05, 3.63) is 23.3 Å². The molecule has 0 heterocycles. The van der Waals surface area contributed by atoms with Crippen molar-refractivity contribution in [3.63, 3.8) is 0 Å². The Morgan fingerprint density at radius 2 is 2.27 bits per heavy atom. The lowest BCUT2D eigenvalue weighted by molar-refractivity contribution is 0.688. The molecule has 1 heteroatoms. The number of hydrogen-bond donors (Lipinski definition) is 0. The minimum Gasteiger partial charge on any atom is -0.296 e. The van der Waals surface area contributed by atoms with Gasteiger partial charge in [0, 0.05) is 13.3 Å². The predicted octanol–water partition coefficient (Wildman–Crippen LogP) is 2.60. The summed E-state index contributed by atoms with van der Waals surface area (Å²) in [7, 11) is 1.82. The van der Waals surface area contributed by atoms with E-state index in [1.807, 2.05) is 13.3 Å². The number of rotatable bonds is 1. The Morgan fingerprint density at radius 3 is 2.82 bits per heavy atom. The minimum absolute atomic E-state index is 0.642. The van der Waals surface area contributed by atoms with Crippen molar-refractivity contribution in [2.45, 2.75) is 20.3 Å². The largest absolute Gasteiger partial charge is 0.296 e. The summed E-state index contributed by atoms with van der Waals surface area (Å²) in [6.07, 6.45) is 7.47. The summed E-state index contributed by atoms with van der Waals surface area (Å²) in [6, 6.07) is 0. The van der Waals surface area contributed by atoms with E-state index in [1.165, 1.54) is 17.6 Å². The van der Waals surface area contributed by atoms with Crippen molar-refractivity contribution in [2.75, 3.05) is 7.05 Å². The first-order valence-corrected chi connectivity index (χ1v) is 4.03. The second kappa shape index (κ2) is 3.51. The first kappa shape index (κ1) is 8.25. The van der Waals surface area contributed by atoms with Gasteiger partial charge in [-0.1, -0.05) is 24.6 Å². The molecule has 0 aliphatic heterocycles. The number of allylic oxidation sites excluding steroid dienone is 4. The molecule has 1 atom stereocenters. The fourth-order valence-electron chi connectivity index (χ4n) is 1.39. The maximum Gasteiger partial charge on any atom is 0.0277 e. The van der Waals surface area contributed by atoms with Crippen molar-refractivity contribution in [3.8, 4) is 0 Å². The van der Waals surface area contributed by atoms with Gasteiger partial charge in [-0.05, 0) is 24.8 Å². The molecule has 0 aromatic heterocycles. The molecule has 1 aliphatic rings. The molecular weight excluding hydrogens is 134 g/mol. The van der Waals surface area contributed by atoms with Gasteiger partial charge in [-0.25, -0.2) is 0 Å². The molecule has 60 valence electrons. The highest BCUT2D eigenvalue weighted by molar-refractivity contribution is 5.80. The van der Waals surface area contributed by atoms with Crippen LogP contribution in [-0.4, -0.2) is 13.3 Å². The zero-order chi connectivity index (χ0) is 8.27. The molecule has 1 aliphatic carbocycles. The van der Waals surface area contributed by atoms with E-state index in [4.69, 9.17) is 0 Å². The number of nitrogens with zero attached hydrogens (tertiary/aromatic N) is 1. The summed E-state index contributed by atoms with van der Waals surface area (Å²) < 4.78 is 0. The first-order chi connectivity index (χ1) is 5.24. The number of hydrogen-bond acceptors (Lipinski definition) is 1. The van der Waals surface area contributed by atoms with Gasteiger partial charge in [0.2, 0.25) is 0 Å². The van der Waals surface area contributed by atoms with Gasteiger partial charge in [0.15, 0.2) is 0 Å². The van der Waals surface area contributed by atoms with Gasteiger partial charge in [-0.2, -0.15) is 0 Å². The van der Waals surface area contributed by atoms with E-state index in [0.717, 1.165) is 0 Å². The summed E-state index contributed by atoms with van der Waals surface area (Å²) in [5.74, 6) is 0.642. The van der Waals surface area contributed by atoms with Crippen LogP contribution in [-0.2, 0) is 0 Å². The van der Waals surface area contributed by atoms with Crippen LogP contribution in [0.15, 0.2) is 28.3 Å². The van der Waals surface area contributed by atoms with Crippen LogP contribution in [0, 0.1) is 5.92 Å². The maximum absolute atomic E-state index is 4.01. The standard InChI is InChI=1S/C10H15N/c1-8-4-5-10(7-11-3)9(2)6-8/h4-5,7,9H,6H2,1-3H3. The summed E-state index contributed by atoms with van der Waals surface area (Å²) in [4.78, 5) is 4.01. The Balaban J connectivity index is 2.78. The second-order valence-electron chi connectivity index (χ2n) is 3.17. The summed E-state index contributed by atoms with van der Waals surface area (Å²) in [6.45, 7) is 4.41. The molecule has 0 spiro atoms. The first-order valence-electron chi connectivity index (χ1n) is 4.03. The van der Waals surface area contributed by atoms with Gasteiger partial charge >= 0.3 is 0 Å². The van der Waals surface area contributed by atoms with Gasteiger partial charge in [0.25, 0.3) is 0 Å². The van der Waals surface area contributed by atoms with Crippen molar-refractivity contribution in [2.24, 2.45) is 10.9 Å². The summed E-state index contributed by atoms with van der Waals surface area (Å²) in [5, 5.41) is 0. The monoisotopic (exact) mass is 149 g/mol. The van der Waals surface area contributed by atoms with Gasteiger partial charge in [0.1, 0.15) is 0 Å². The van der Waals surface area contributed by atoms with Crippen LogP contribution in [0.25, 0.3) is 0 Å². The third kappa shape index (κ3) is 2.04. The smallest absolute Gasteiger partial charge is 0.0277 e. The molecule has 1 nitrogen and oxygen atoms in total. The van der Waals surface area contributed by atoms with Crippen LogP contribution < -0.4 is 0 Å². The fraction of sp³-hybridized carbons (Fsp3) is 0.500. The zero-order valence-corrected chi connectivity index (χ0v) is 7.46. The number of aliphatic imine (C=N–C) groups is 1. The van der Waals surface area contributed by atoms with Crippen LogP contribution in [0.4, 0.5) is 0 Å². The second-order valence-corrected chi connectivity index (χ2v) is 3.17. The van der Waals surface area contributed by atoms with E-state index in [1.54, 1.807) is 0 Å². The maximum atomic E-state index is 4.01. The predicted molar refractivity (Wildman–Crippen MR) is 50.0 cm³/mol. The molecule has 1 rings (SSSR count). The van der Waals surface area contributed by atoms with E-state index in [2.05, 4.69) is 31.0 Å². The summed E-state index contributed by atoms with van der Waals surface area (Å²) >= 11 is 0. The Bertz CT molecular complexity index is 221.